The number of benzene rings is 1. The van der Waals surface area contributed by atoms with E-state index in [4.69, 9.17) is 22.1 Å². The number of anilines is 1. The fourth-order valence-corrected chi connectivity index (χ4v) is 1.59. The summed E-state index contributed by atoms with van der Waals surface area (Å²) in [6.45, 7) is 3.49. The molecule has 1 atom stereocenters. The molecule has 0 saturated carbocycles. The minimum atomic E-state index is -0.649. The molecule has 1 aromatic carbocycles. The number of ether oxygens (including phenoxy) is 1. The van der Waals surface area contributed by atoms with Crippen LogP contribution in [0.1, 0.15) is 30.6 Å². The third kappa shape index (κ3) is 4.79. The number of esters is 1. The first-order chi connectivity index (χ1) is 8.93. The summed E-state index contributed by atoms with van der Waals surface area (Å²) in [7, 11) is 0. The molecule has 0 heterocycles. The zero-order chi connectivity index (χ0) is 14.4. The van der Waals surface area contributed by atoms with Gasteiger partial charge in [0.2, 0.25) is 0 Å². The number of rotatable bonds is 5. The van der Waals surface area contributed by atoms with Crippen molar-refractivity contribution in [2.24, 2.45) is 0 Å². The third-order valence-corrected chi connectivity index (χ3v) is 2.88. The molecule has 1 amide bonds. The number of halogens is 1. The van der Waals surface area contributed by atoms with Crippen molar-refractivity contribution in [1.82, 2.24) is 5.32 Å². The minimum Gasteiger partial charge on any atom is -0.452 e. The lowest BCUT2D eigenvalue weighted by molar-refractivity contribution is -0.124. The maximum atomic E-state index is 11.7. The second-order valence-electron chi connectivity index (χ2n) is 4.19. The van der Waals surface area contributed by atoms with Crippen LogP contribution in [0.25, 0.3) is 0 Å². The van der Waals surface area contributed by atoms with Gasteiger partial charge in [-0.05, 0) is 31.5 Å². The van der Waals surface area contributed by atoms with E-state index in [9.17, 15) is 9.59 Å². The molecule has 0 radical (unpaired) electrons. The van der Waals surface area contributed by atoms with Crippen molar-refractivity contribution in [3.8, 4) is 0 Å². The molecule has 19 heavy (non-hydrogen) atoms. The van der Waals surface area contributed by atoms with E-state index in [1.165, 1.54) is 12.1 Å². The average molecular weight is 285 g/mol. The number of hydrogen-bond acceptors (Lipinski definition) is 4. The van der Waals surface area contributed by atoms with Crippen molar-refractivity contribution in [3.05, 3.63) is 28.8 Å². The SMILES string of the molecule is CCC(C)NC(=O)COC(=O)c1ccc(N)cc1Cl. The Balaban J connectivity index is 2.54. The largest absolute Gasteiger partial charge is 0.452 e. The molecule has 0 aliphatic heterocycles. The number of carbonyl (C=O) groups is 2. The van der Waals surface area contributed by atoms with Crippen LogP contribution in [0, 0.1) is 0 Å². The summed E-state index contributed by atoms with van der Waals surface area (Å²) in [5, 5.41) is 2.89. The summed E-state index contributed by atoms with van der Waals surface area (Å²) in [5.41, 5.74) is 6.16. The van der Waals surface area contributed by atoms with Gasteiger partial charge in [0.1, 0.15) is 0 Å². The van der Waals surface area contributed by atoms with Gasteiger partial charge in [0, 0.05) is 11.7 Å². The highest BCUT2D eigenvalue weighted by molar-refractivity contribution is 6.33. The van der Waals surface area contributed by atoms with Crippen LogP contribution in [0.3, 0.4) is 0 Å². The fourth-order valence-electron chi connectivity index (χ4n) is 1.32. The predicted molar refractivity (Wildman–Crippen MR) is 74.0 cm³/mol. The molecule has 3 N–H and O–H groups in total. The van der Waals surface area contributed by atoms with Gasteiger partial charge in [0.15, 0.2) is 6.61 Å². The Bertz CT molecular complexity index is 477. The molecule has 6 heteroatoms. The van der Waals surface area contributed by atoms with E-state index in [0.29, 0.717) is 5.69 Å². The number of amides is 1. The Labute approximate surface area is 117 Å². The molecule has 5 nitrogen and oxygen atoms in total. The fraction of sp³-hybridized carbons (Fsp3) is 0.385. The van der Waals surface area contributed by atoms with E-state index in [1.807, 2.05) is 13.8 Å². The monoisotopic (exact) mass is 284 g/mol. The lowest BCUT2D eigenvalue weighted by atomic mass is 10.2. The van der Waals surface area contributed by atoms with Gasteiger partial charge in [0.05, 0.1) is 10.6 Å². The van der Waals surface area contributed by atoms with Crippen molar-refractivity contribution in [2.75, 3.05) is 12.3 Å². The van der Waals surface area contributed by atoms with E-state index in [1.54, 1.807) is 6.07 Å². The van der Waals surface area contributed by atoms with Crippen molar-refractivity contribution >= 4 is 29.2 Å². The molecule has 0 aromatic heterocycles. The lowest BCUT2D eigenvalue weighted by Gasteiger charge is -2.11. The van der Waals surface area contributed by atoms with Crippen LogP contribution in [0.15, 0.2) is 18.2 Å². The summed E-state index contributed by atoms with van der Waals surface area (Å²) in [5.74, 6) is -0.987. The van der Waals surface area contributed by atoms with Crippen LogP contribution in [0.2, 0.25) is 5.02 Å². The van der Waals surface area contributed by atoms with Crippen LogP contribution >= 0.6 is 11.6 Å². The second-order valence-corrected chi connectivity index (χ2v) is 4.60. The lowest BCUT2D eigenvalue weighted by Crippen LogP contribution is -2.35. The average Bonchev–Trinajstić information content (AvgIpc) is 2.35. The molecule has 1 rings (SSSR count). The van der Waals surface area contributed by atoms with Crippen LogP contribution in [0.5, 0.6) is 0 Å². The molecule has 1 unspecified atom stereocenters. The molecule has 0 saturated heterocycles. The van der Waals surface area contributed by atoms with Gasteiger partial charge >= 0.3 is 5.97 Å². The maximum Gasteiger partial charge on any atom is 0.340 e. The highest BCUT2D eigenvalue weighted by Crippen LogP contribution is 2.19. The highest BCUT2D eigenvalue weighted by Gasteiger charge is 2.14. The van der Waals surface area contributed by atoms with Crippen LogP contribution in [-0.2, 0) is 9.53 Å². The van der Waals surface area contributed by atoms with Gasteiger partial charge in [0.25, 0.3) is 5.91 Å². The smallest absolute Gasteiger partial charge is 0.340 e. The summed E-state index contributed by atoms with van der Waals surface area (Å²) < 4.78 is 4.88. The van der Waals surface area contributed by atoms with Crippen molar-refractivity contribution < 1.29 is 14.3 Å². The molecular formula is C13H17ClN2O3. The third-order valence-electron chi connectivity index (χ3n) is 2.57. The topological polar surface area (TPSA) is 81.4 Å². The standard InChI is InChI=1S/C13H17ClN2O3/c1-3-8(2)16-12(17)7-19-13(18)10-5-4-9(15)6-11(10)14/h4-6,8H,3,7,15H2,1-2H3,(H,16,17). The van der Waals surface area contributed by atoms with Gasteiger partial charge < -0.3 is 15.8 Å². The van der Waals surface area contributed by atoms with Crippen molar-refractivity contribution in [3.63, 3.8) is 0 Å². The van der Waals surface area contributed by atoms with Gasteiger partial charge in [-0.15, -0.1) is 0 Å². The number of hydrogen-bond donors (Lipinski definition) is 2. The quantitative estimate of drug-likeness (QED) is 0.640. The zero-order valence-corrected chi connectivity index (χ0v) is 11.7. The Hall–Kier alpha value is -1.75. The molecule has 0 fully saturated rings. The van der Waals surface area contributed by atoms with E-state index in [-0.39, 0.29) is 29.1 Å². The first kappa shape index (κ1) is 15.3. The van der Waals surface area contributed by atoms with E-state index in [0.717, 1.165) is 6.42 Å². The van der Waals surface area contributed by atoms with Crippen LogP contribution < -0.4 is 11.1 Å². The van der Waals surface area contributed by atoms with Crippen molar-refractivity contribution in [2.45, 2.75) is 26.3 Å². The second kappa shape index (κ2) is 6.99. The Kier molecular flexibility index (Phi) is 5.63. The maximum absolute atomic E-state index is 11.7. The summed E-state index contributed by atoms with van der Waals surface area (Å²) >= 11 is 5.87. The Morgan fingerprint density at radius 2 is 2.16 bits per heavy atom. The van der Waals surface area contributed by atoms with Gasteiger partial charge in [-0.2, -0.15) is 0 Å². The van der Waals surface area contributed by atoms with Crippen LogP contribution in [0.4, 0.5) is 5.69 Å². The van der Waals surface area contributed by atoms with Gasteiger partial charge in [-0.25, -0.2) is 4.79 Å². The van der Waals surface area contributed by atoms with E-state index >= 15 is 0 Å². The predicted octanol–water partition coefficient (Wildman–Crippen LogP) is 1.99. The van der Waals surface area contributed by atoms with Gasteiger partial charge in [-0.3, -0.25) is 4.79 Å². The van der Waals surface area contributed by atoms with Crippen LogP contribution in [-0.4, -0.2) is 24.5 Å². The Morgan fingerprint density at radius 1 is 1.47 bits per heavy atom. The normalized spacial score (nSPS) is 11.7. The summed E-state index contributed by atoms with van der Waals surface area (Å²) in [6, 6.07) is 4.51. The minimum absolute atomic E-state index is 0.0475. The molecular weight excluding hydrogens is 268 g/mol. The molecule has 0 bridgehead atoms. The van der Waals surface area contributed by atoms with Crippen molar-refractivity contribution in [1.29, 1.82) is 0 Å². The Morgan fingerprint density at radius 3 is 2.74 bits per heavy atom. The van der Waals surface area contributed by atoms with E-state index < -0.39 is 5.97 Å². The number of nitrogens with one attached hydrogen (secondary N) is 1. The highest BCUT2D eigenvalue weighted by atomic mass is 35.5. The molecule has 0 aliphatic rings. The molecule has 1 aromatic rings. The number of nitrogens with two attached hydrogens (primary N) is 1. The molecule has 0 spiro atoms. The zero-order valence-electron chi connectivity index (χ0n) is 10.9. The first-order valence-electron chi connectivity index (χ1n) is 5.95. The van der Waals surface area contributed by atoms with Gasteiger partial charge in [-0.1, -0.05) is 18.5 Å². The summed E-state index contributed by atoms with van der Waals surface area (Å²) in [4.78, 5) is 23.2. The molecule has 104 valence electrons. The molecule has 0 aliphatic carbocycles. The number of carbonyl (C=O) groups excluding carboxylic acids is 2. The summed E-state index contributed by atoms with van der Waals surface area (Å²) in [6.07, 6.45) is 0.809. The number of nitrogen functional groups attached to an aromatic ring is 1. The van der Waals surface area contributed by atoms with E-state index in [2.05, 4.69) is 5.32 Å². The first-order valence-corrected chi connectivity index (χ1v) is 6.33.